The van der Waals surface area contributed by atoms with Crippen molar-refractivity contribution in [3.05, 3.63) is 41.0 Å². The van der Waals surface area contributed by atoms with Crippen LogP contribution in [0.2, 0.25) is 0 Å². The summed E-state index contributed by atoms with van der Waals surface area (Å²) in [4.78, 5) is 24.9. The van der Waals surface area contributed by atoms with Gasteiger partial charge in [0, 0.05) is 11.1 Å². The van der Waals surface area contributed by atoms with Crippen molar-refractivity contribution in [2.45, 2.75) is 13.8 Å². The first-order chi connectivity index (χ1) is 8.06. The smallest absolute Gasteiger partial charge is 0.261 e. The Morgan fingerprint density at radius 1 is 1.12 bits per heavy atom. The monoisotopic (exact) mass is 226 g/mol. The summed E-state index contributed by atoms with van der Waals surface area (Å²) in [5.41, 5.74) is 1.77. The predicted molar refractivity (Wildman–Crippen MR) is 62.0 cm³/mol. The Morgan fingerprint density at radius 3 is 2.24 bits per heavy atom. The lowest BCUT2D eigenvalue weighted by molar-refractivity contribution is -0.120. The number of hydrogen-bond donors (Lipinski definition) is 0. The van der Waals surface area contributed by atoms with Crippen LogP contribution in [0.1, 0.15) is 19.4 Å². The van der Waals surface area contributed by atoms with Gasteiger partial charge in [-0.25, -0.2) is 4.90 Å². The molecule has 0 unspecified atom stereocenters. The molecule has 0 saturated carbocycles. The maximum absolute atomic E-state index is 11.9. The van der Waals surface area contributed by atoms with Gasteiger partial charge in [0.2, 0.25) is 0 Å². The Kier molecular flexibility index (Phi) is 2.52. The summed E-state index contributed by atoms with van der Waals surface area (Å²) >= 11 is 0. The van der Waals surface area contributed by atoms with Crippen LogP contribution in [0.25, 0.3) is 0 Å². The average molecular weight is 226 g/mol. The van der Waals surface area contributed by atoms with E-state index in [0.29, 0.717) is 22.4 Å². The van der Waals surface area contributed by atoms with Crippen LogP contribution in [0.5, 0.6) is 0 Å². The van der Waals surface area contributed by atoms with Crippen molar-refractivity contribution < 1.29 is 9.59 Å². The minimum atomic E-state index is -0.317. The van der Waals surface area contributed by atoms with E-state index in [-0.39, 0.29) is 11.8 Å². The van der Waals surface area contributed by atoms with Crippen molar-refractivity contribution in [1.82, 2.24) is 0 Å². The normalized spacial score (nSPS) is 15.5. The molecule has 1 aromatic carbocycles. The third-order valence-electron chi connectivity index (χ3n) is 2.84. The van der Waals surface area contributed by atoms with E-state index in [0.717, 1.165) is 4.90 Å². The topological polar surface area (TPSA) is 61.2 Å². The van der Waals surface area contributed by atoms with Gasteiger partial charge in [-0.3, -0.25) is 9.59 Å². The van der Waals surface area contributed by atoms with Gasteiger partial charge in [0.25, 0.3) is 11.8 Å². The number of nitriles is 1. The molecule has 0 spiro atoms. The minimum absolute atomic E-state index is 0.317. The highest BCUT2D eigenvalue weighted by atomic mass is 16.2. The molecule has 1 heterocycles. The van der Waals surface area contributed by atoms with E-state index in [1.54, 1.807) is 32.0 Å². The first kappa shape index (κ1) is 11.1. The Labute approximate surface area is 98.8 Å². The maximum Gasteiger partial charge on any atom is 0.261 e. The van der Waals surface area contributed by atoms with Crippen LogP contribution in [0, 0.1) is 11.3 Å². The molecule has 0 radical (unpaired) electrons. The predicted octanol–water partition coefficient (Wildman–Crippen LogP) is 1.77. The third-order valence-corrected chi connectivity index (χ3v) is 2.84. The number of anilines is 1. The Hall–Kier alpha value is -2.41. The molecule has 0 aromatic heterocycles. The molecule has 0 atom stereocenters. The van der Waals surface area contributed by atoms with E-state index in [1.807, 2.05) is 6.07 Å². The first-order valence-electron chi connectivity index (χ1n) is 5.12. The van der Waals surface area contributed by atoms with Gasteiger partial charge < -0.3 is 0 Å². The number of benzene rings is 1. The summed E-state index contributed by atoms with van der Waals surface area (Å²) in [7, 11) is 0. The molecule has 1 aliphatic heterocycles. The molecule has 2 amide bonds. The summed E-state index contributed by atoms with van der Waals surface area (Å²) in [5, 5.41) is 8.79. The molecular formula is C13H10N2O2. The molecule has 1 aliphatic rings. The number of rotatable bonds is 1. The van der Waals surface area contributed by atoms with Gasteiger partial charge in [-0.1, -0.05) is 6.07 Å². The number of nitrogens with zero attached hydrogens (tertiary/aromatic N) is 2. The Morgan fingerprint density at radius 2 is 1.71 bits per heavy atom. The lowest BCUT2D eigenvalue weighted by Gasteiger charge is -2.14. The zero-order chi connectivity index (χ0) is 12.6. The summed E-state index contributed by atoms with van der Waals surface area (Å²) in [6.07, 6.45) is 0. The lowest BCUT2D eigenvalue weighted by atomic mass is 10.2. The molecular weight excluding hydrogens is 216 g/mol. The van der Waals surface area contributed by atoms with Crippen LogP contribution >= 0.6 is 0 Å². The van der Waals surface area contributed by atoms with Gasteiger partial charge >= 0.3 is 0 Å². The van der Waals surface area contributed by atoms with Gasteiger partial charge in [0.05, 0.1) is 17.3 Å². The van der Waals surface area contributed by atoms with Crippen LogP contribution < -0.4 is 4.90 Å². The Bertz CT molecular complexity index is 570. The quantitative estimate of drug-likeness (QED) is 0.685. The summed E-state index contributed by atoms with van der Waals surface area (Å²) in [5.74, 6) is -0.634. The summed E-state index contributed by atoms with van der Waals surface area (Å²) < 4.78 is 0. The fraction of sp³-hybridized carbons (Fsp3) is 0.154. The minimum Gasteiger partial charge on any atom is -0.269 e. The second-order valence-corrected chi connectivity index (χ2v) is 3.86. The van der Waals surface area contributed by atoms with Crippen molar-refractivity contribution in [3.8, 4) is 6.07 Å². The van der Waals surface area contributed by atoms with Gasteiger partial charge in [-0.2, -0.15) is 5.26 Å². The third kappa shape index (κ3) is 1.62. The fourth-order valence-electron chi connectivity index (χ4n) is 1.70. The molecule has 0 N–H and O–H groups in total. The van der Waals surface area contributed by atoms with Crippen molar-refractivity contribution in [1.29, 1.82) is 5.26 Å². The highest BCUT2D eigenvalue weighted by molar-refractivity contribution is 6.32. The maximum atomic E-state index is 11.9. The molecule has 0 aliphatic carbocycles. The van der Waals surface area contributed by atoms with Crippen LogP contribution in [-0.2, 0) is 9.59 Å². The van der Waals surface area contributed by atoms with Crippen LogP contribution in [0.15, 0.2) is 35.4 Å². The van der Waals surface area contributed by atoms with Crippen molar-refractivity contribution in [3.63, 3.8) is 0 Å². The zero-order valence-electron chi connectivity index (χ0n) is 9.52. The molecule has 4 heteroatoms. The van der Waals surface area contributed by atoms with Crippen LogP contribution in [0.3, 0.4) is 0 Å². The van der Waals surface area contributed by atoms with Crippen LogP contribution in [-0.4, -0.2) is 11.8 Å². The van der Waals surface area contributed by atoms with Crippen molar-refractivity contribution in [2.75, 3.05) is 4.90 Å². The second-order valence-electron chi connectivity index (χ2n) is 3.86. The molecule has 17 heavy (non-hydrogen) atoms. The van der Waals surface area contributed by atoms with E-state index in [4.69, 9.17) is 5.26 Å². The molecule has 1 aromatic rings. The number of hydrogen-bond acceptors (Lipinski definition) is 3. The molecule has 84 valence electrons. The molecule has 0 saturated heterocycles. The van der Waals surface area contributed by atoms with E-state index in [9.17, 15) is 9.59 Å². The standard InChI is InChI=1S/C13H10N2O2/c1-8-9(2)13(17)15(12(8)16)11-5-3-4-10(6-11)7-14/h3-6H,1-2H3. The number of carbonyl (C=O) groups is 2. The van der Waals surface area contributed by atoms with Gasteiger partial charge in [-0.15, -0.1) is 0 Å². The van der Waals surface area contributed by atoms with E-state index < -0.39 is 0 Å². The van der Waals surface area contributed by atoms with Crippen molar-refractivity contribution in [2.24, 2.45) is 0 Å². The summed E-state index contributed by atoms with van der Waals surface area (Å²) in [6, 6.07) is 8.43. The number of amides is 2. The van der Waals surface area contributed by atoms with E-state index >= 15 is 0 Å². The summed E-state index contributed by atoms with van der Waals surface area (Å²) in [6.45, 7) is 3.26. The highest BCUT2D eigenvalue weighted by Gasteiger charge is 2.34. The Balaban J connectivity index is 2.47. The SMILES string of the molecule is CC1=C(C)C(=O)N(c2cccc(C#N)c2)C1=O. The molecule has 4 nitrogen and oxygen atoms in total. The highest BCUT2D eigenvalue weighted by Crippen LogP contribution is 2.26. The van der Waals surface area contributed by atoms with E-state index in [1.165, 1.54) is 6.07 Å². The fourth-order valence-corrected chi connectivity index (χ4v) is 1.70. The van der Waals surface area contributed by atoms with Crippen molar-refractivity contribution >= 4 is 17.5 Å². The second kappa shape index (κ2) is 3.87. The number of carbonyl (C=O) groups excluding carboxylic acids is 2. The van der Waals surface area contributed by atoms with Crippen LogP contribution in [0.4, 0.5) is 5.69 Å². The zero-order valence-corrected chi connectivity index (χ0v) is 9.52. The molecule has 0 fully saturated rings. The van der Waals surface area contributed by atoms with Gasteiger partial charge in [0.15, 0.2) is 0 Å². The van der Waals surface area contributed by atoms with Gasteiger partial charge in [0.1, 0.15) is 0 Å². The average Bonchev–Trinajstić information content (AvgIpc) is 2.54. The van der Waals surface area contributed by atoms with E-state index in [2.05, 4.69) is 0 Å². The number of imide groups is 1. The molecule has 0 bridgehead atoms. The molecule has 2 rings (SSSR count). The first-order valence-corrected chi connectivity index (χ1v) is 5.12. The van der Waals surface area contributed by atoms with Gasteiger partial charge in [-0.05, 0) is 32.0 Å². The lowest BCUT2D eigenvalue weighted by Crippen LogP contribution is -2.31. The largest absolute Gasteiger partial charge is 0.269 e.